The third-order valence-electron chi connectivity index (χ3n) is 2.16. The van der Waals surface area contributed by atoms with E-state index in [2.05, 4.69) is 5.32 Å². The van der Waals surface area contributed by atoms with Crippen molar-refractivity contribution in [2.24, 2.45) is 5.92 Å². The van der Waals surface area contributed by atoms with E-state index in [4.69, 9.17) is 11.6 Å². The van der Waals surface area contributed by atoms with Gasteiger partial charge in [-0.2, -0.15) is 13.2 Å². The highest BCUT2D eigenvalue weighted by Gasteiger charge is 2.31. The molecule has 1 amide bonds. The number of alkyl halides is 3. The maximum atomic E-state index is 12.5. The summed E-state index contributed by atoms with van der Waals surface area (Å²) in [4.78, 5) is 11.5. The average molecular weight is 280 g/mol. The fourth-order valence-corrected chi connectivity index (χ4v) is 1.53. The first-order valence-corrected chi connectivity index (χ1v) is 5.74. The molecule has 0 saturated carbocycles. The molecule has 0 fully saturated rings. The van der Waals surface area contributed by atoms with Gasteiger partial charge in [0.25, 0.3) is 0 Å². The van der Waals surface area contributed by atoms with Crippen molar-refractivity contribution in [1.82, 2.24) is 0 Å². The van der Waals surface area contributed by atoms with Gasteiger partial charge in [0.2, 0.25) is 5.91 Å². The van der Waals surface area contributed by atoms with Gasteiger partial charge >= 0.3 is 6.18 Å². The molecule has 2 nitrogen and oxygen atoms in total. The molecule has 0 heterocycles. The Hall–Kier alpha value is -1.23. The zero-order chi connectivity index (χ0) is 13.9. The molecule has 1 aromatic rings. The highest BCUT2D eigenvalue weighted by atomic mass is 35.5. The highest BCUT2D eigenvalue weighted by molar-refractivity contribution is 6.33. The lowest BCUT2D eigenvalue weighted by Gasteiger charge is -2.12. The molecule has 0 bridgehead atoms. The lowest BCUT2D eigenvalue weighted by Crippen LogP contribution is -2.15. The SMILES string of the molecule is CC(C)CC(=O)Nc1cc(C(F)(F)F)ccc1Cl. The number of benzene rings is 1. The van der Waals surface area contributed by atoms with Crippen molar-refractivity contribution in [1.29, 1.82) is 0 Å². The van der Waals surface area contributed by atoms with E-state index < -0.39 is 11.7 Å². The van der Waals surface area contributed by atoms with Crippen LogP contribution in [0.3, 0.4) is 0 Å². The number of amides is 1. The van der Waals surface area contributed by atoms with Crippen LogP contribution < -0.4 is 5.32 Å². The number of hydrogen-bond donors (Lipinski definition) is 1. The third-order valence-corrected chi connectivity index (χ3v) is 2.49. The predicted molar refractivity (Wildman–Crippen MR) is 64.5 cm³/mol. The molecule has 0 radical (unpaired) electrons. The maximum absolute atomic E-state index is 12.5. The minimum atomic E-state index is -4.46. The van der Waals surface area contributed by atoms with Crippen LogP contribution in [0.2, 0.25) is 5.02 Å². The van der Waals surface area contributed by atoms with Gasteiger partial charge in [-0.1, -0.05) is 25.4 Å². The summed E-state index contributed by atoms with van der Waals surface area (Å²) in [5.74, 6) is -0.235. The van der Waals surface area contributed by atoms with Gasteiger partial charge in [-0.3, -0.25) is 4.79 Å². The van der Waals surface area contributed by atoms with Crippen molar-refractivity contribution >= 4 is 23.2 Å². The number of nitrogens with one attached hydrogen (secondary N) is 1. The van der Waals surface area contributed by atoms with Crippen molar-refractivity contribution in [2.45, 2.75) is 26.4 Å². The Morgan fingerprint density at radius 2 is 2.00 bits per heavy atom. The Labute approximate surface area is 108 Å². The second-order valence-electron chi connectivity index (χ2n) is 4.34. The standard InChI is InChI=1S/C12H13ClF3NO/c1-7(2)5-11(18)17-10-6-8(12(14,15)16)3-4-9(10)13/h3-4,6-7H,5H2,1-2H3,(H,17,18). The van der Waals surface area contributed by atoms with Crippen molar-refractivity contribution in [3.63, 3.8) is 0 Å². The molecule has 1 aromatic carbocycles. The topological polar surface area (TPSA) is 29.1 Å². The van der Waals surface area contributed by atoms with E-state index in [-0.39, 0.29) is 29.0 Å². The number of carbonyl (C=O) groups is 1. The molecule has 1 N–H and O–H groups in total. The van der Waals surface area contributed by atoms with Crippen LogP contribution in [0.4, 0.5) is 18.9 Å². The van der Waals surface area contributed by atoms with Gasteiger partial charge in [-0.25, -0.2) is 0 Å². The fourth-order valence-electron chi connectivity index (χ4n) is 1.37. The minimum absolute atomic E-state index is 0.0165. The number of anilines is 1. The van der Waals surface area contributed by atoms with Gasteiger partial charge < -0.3 is 5.32 Å². The molecule has 100 valence electrons. The predicted octanol–water partition coefficient (Wildman–Crippen LogP) is 4.34. The molecule has 0 spiro atoms. The van der Waals surface area contributed by atoms with E-state index in [9.17, 15) is 18.0 Å². The summed E-state index contributed by atoms with van der Waals surface area (Å²) in [7, 11) is 0. The van der Waals surface area contributed by atoms with E-state index in [1.54, 1.807) is 0 Å². The summed E-state index contributed by atoms with van der Waals surface area (Å²) in [5.41, 5.74) is -0.858. The van der Waals surface area contributed by atoms with Crippen LogP contribution in [0.5, 0.6) is 0 Å². The van der Waals surface area contributed by atoms with Crippen molar-refractivity contribution in [3.05, 3.63) is 28.8 Å². The lowest BCUT2D eigenvalue weighted by atomic mass is 10.1. The van der Waals surface area contributed by atoms with E-state index in [1.165, 1.54) is 0 Å². The number of carbonyl (C=O) groups excluding carboxylic acids is 1. The molecule has 0 aliphatic rings. The average Bonchev–Trinajstić information content (AvgIpc) is 2.18. The summed E-state index contributed by atoms with van der Waals surface area (Å²) < 4.78 is 37.5. The molecule has 1 rings (SSSR count). The van der Waals surface area contributed by atoms with Crippen LogP contribution in [-0.4, -0.2) is 5.91 Å². The first-order valence-electron chi connectivity index (χ1n) is 5.36. The quantitative estimate of drug-likeness (QED) is 0.876. The van der Waals surface area contributed by atoms with Gasteiger partial charge in [-0.05, 0) is 24.1 Å². The van der Waals surface area contributed by atoms with Gasteiger partial charge in [0, 0.05) is 6.42 Å². The van der Waals surface area contributed by atoms with Crippen LogP contribution in [0.1, 0.15) is 25.8 Å². The molecule has 0 aromatic heterocycles. The summed E-state index contributed by atoms with van der Waals surface area (Å²) in [5, 5.41) is 2.47. The van der Waals surface area contributed by atoms with Gasteiger partial charge in [0.1, 0.15) is 0 Å². The van der Waals surface area contributed by atoms with Crippen molar-refractivity contribution < 1.29 is 18.0 Å². The lowest BCUT2D eigenvalue weighted by molar-refractivity contribution is -0.137. The molecule has 0 unspecified atom stereocenters. The van der Waals surface area contributed by atoms with Gasteiger partial charge in [-0.15, -0.1) is 0 Å². The van der Waals surface area contributed by atoms with Crippen LogP contribution >= 0.6 is 11.6 Å². The maximum Gasteiger partial charge on any atom is 0.416 e. The largest absolute Gasteiger partial charge is 0.416 e. The van der Waals surface area contributed by atoms with Crippen LogP contribution in [0, 0.1) is 5.92 Å². The van der Waals surface area contributed by atoms with Gasteiger partial charge in [0.05, 0.1) is 16.3 Å². The number of hydrogen-bond acceptors (Lipinski definition) is 1. The fraction of sp³-hybridized carbons (Fsp3) is 0.417. The van der Waals surface area contributed by atoms with Crippen LogP contribution in [-0.2, 0) is 11.0 Å². The Balaban J connectivity index is 2.92. The number of halogens is 4. The third kappa shape index (κ3) is 4.22. The summed E-state index contributed by atoms with van der Waals surface area (Å²) >= 11 is 5.74. The normalized spacial score (nSPS) is 11.7. The highest BCUT2D eigenvalue weighted by Crippen LogP contribution is 2.33. The molecule has 0 aliphatic carbocycles. The smallest absolute Gasteiger partial charge is 0.325 e. The summed E-state index contributed by atoms with van der Waals surface area (Å²) in [6, 6.07) is 2.83. The second-order valence-corrected chi connectivity index (χ2v) is 4.75. The molecule has 6 heteroatoms. The molecule has 0 aliphatic heterocycles. The summed E-state index contributed by atoms with van der Waals surface area (Å²) in [6.07, 6.45) is -4.23. The Morgan fingerprint density at radius 3 is 2.50 bits per heavy atom. The molecule has 18 heavy (non-hydrogen) atoms. The van der Waals surface area contributed by atoms with Crippen LogP contribution in [0.25, 0.3) is 0 Å². The van der Waals surface area contributed by atoms with E-state index in [1.807, 2.05) is 13.8 Å². The summed E-state index contributed by atoms with van der Waals surface area (Å²) in [6.45, 7) is 3.68. The zero-order valence-corrected chi connectivity index (χ0v) is 10.7. The zero-order valence-electron chi connectivity index (χ0n) is 9.94. The Morgan fingerprint density at radius 1 is 1.39 bits per heavy atom. The first-order chi connectivity index (χ1) is 8.20. The Kier molecular flexibility index (Phi) is 4.62. The van der Waals surface area contributed by atoms with E-state index in [0.717, 1.165) is 18.2 Å². The second kappa shape index (κ2) is 5.61. The van der Waals surface area contributed by atoms with E-state index in [0.29, 0.717) is 0 Å². The van der Waals surface area contributed by atoms with Crippen molar-refractivity contribution in [2.75, 3.05) is 5.32 Å². The monoisotopic (exact) mass is 279 g/mol. The minimum Gasteiger partial charge on any atom is -0.325 e. The molecular formula is C12H13ClF3NO. The van der Waals surface area contributed by atoms with Crippen LogP contribution in [0.15, 0.2) is 18.2 Å². The molecule has 0 saturated heterocycles. The van der Waals surface area contributed by atoms with Gasteiger partial charge in [0.15, 0.2) is 0 Å². The van der Waals surface area contributed by atoms with E-state index >= 15 is 0 Å². The number of rotatable bonds is 3. The molecule has 0 atom stereocenters. The van der Waals surface area contributed by atoms with Crippen molar-refractivity contribution in [3.8, 4) is 0 Å². The first kappa shape index (κ1) is 14.8. The Bertz CT molecular complexity index is 443. The molecular weight excluding hydrogens is 267 g/mol.